The van der Waals surface area contributed by atoms with Crippen LogP contribution < -0.4 is 15.8 Å². The van der Waals surface area contributed by atoms with Crippen LogP contribution in [0.4, 0.5) is 5.69 Å². The van der Waals surface area contributed by atoms with E-state index in [-0.39, 0.29) is 5.91 Å². The molecule has 2 aliphatic rings. The average Bonchev–Trinajstić information content (AvgIpc) is 3.12. The van der Waals surface area contributed by atoms with E-state index in [2.05, 4.69) is 19.2 Å². The number of nitrogens with two attached hydrogens (primary N) is 1. The number of nitrogen functional groups attached to an aromatic ring is 1. The minimum atomic E-state index is -1.77. The van der Waals surface area contributed by atoms with Crippen molar-refractivity contribution >= 4 is 23.4 Å². The molecule has 0 fully saturated rings. The van der Waals surface area contributed by atoms with Gasteiger partial charge in [0.2, 0.25) is 0 Å². The van der Waals surface area contributed by atoms with Gasteiger partial charge in [0.15, 0.2) is 5.09 Å². The smallest absolute Gasteiger partial charge is 0.263 e. The zero-order valence-corrected chi connectivity index (χ0v) is 19.2. The summed E-state index contributed by atoms with van der Waals surface area (Å²) in [6.07, 6.45) is 2.16. The lowest BCUT2D eigenvalue weighted by molar-refractivity contribution is -0.184. The number of amides is 1. The Hall–Kier alpha value is -2.64. The first-order valence-electron chi connectivity index (χ1n) is 10.2. The molecule has 1 amide bonds. The van der Waals surface area contributed by atoms with E-state index in [1.54, 1.807) is 25.1 Å². The van der Waals surface area contributed by atoms with Crippen molar-refractivity contribution in [3.63, 3.8) is 0 Å². The van der Waals surface area contributed by atoms with Gasteiger partial charge >= 0.3 is 0 Å². The van der Waals surface area contributed by atoms with Crippen LogP contribution in [-0.2, 0) is 27.3 Å². The Balaban J connectivity index is 1.89. The molecule has 1 aliphatic heterocycles. The van der Waals surface area contributed by atoms with Gasteiger partial charge in [-0.05, 0) is 42.4 Å². The number of methoxy groups -OCH3 is 1. The van der Waals surface area contributed by atoms with Crippen LogP contribution in [0, 0.1) is 0 Å². The summed E-state index contributed by atoms with van der Waals surface area (Å²) < 4.78 is 11.6. The van der Waals surface area contributed by atoms with E-state index in [0.29, 0.717) is 40.0 Å². The Labute approximate surface area is 186 Å². The van der Waals surface area contributed by atoms with Gasteiger partial charge < -0.3 is 25.6 Å². The number of hydrogen-bond donors (Lipinski definition) is 3. The minimum absolute atomic E-state index is 0.300. The normalized spacial score (nSPS) is 24.1. The number of anilines is 1. The highest BCUT2D eigenvalue weighted by Gasteiger charge is 2.66. The second-order valence-electron chi connectivity index (χ2n) is 8.39. The molecule has 0 radical (unpaired) electrons. The molecule has 4 N–H and O–H groups in total. The van der Waals surface area contributed by atoms with Crippen LogP contribution in [-0.4, -0.2) is 24.4 Å². The number of rotatable bonds is 5. The predicted octanol–water partition coefficient (Wildman–Crippen LogP) is 3.74. The molecule has 0 bridgehead atoms. The largest absolute Gasteiger partial charge is 0.490 e. The van der Waals surface area contributed by atoms with E-state index in [9.17, 15) is 9.90 Å². The molecular weight excluding hydrogens is 412 g/mol. The van der Waals surface area contributed by atoms with E-state index in [0.717, 1.165) is 16.7 Å². The fourth-order valence-electron chi connectivity index (χ4n) is 4.61. The van der Waals surface area contributed by atoms with Crippen LogP contribution in [0.1, 0.15) is 48.9 Å². The minimum Gasteiger partial charge on any atom is -0.490 e. The van der Waals surface area contributed by atoms with Crippen molar-refractivity contribution in [2.24, 2.45) is 0 Å². The number of hydrogen-bond acceptors (Lipinski definition) is 6. The topological polar surface area (TPSA) is 93.8 Å². The van der Waals surface area contributed by atoms with Crippen LogP contribution in [0.2, 0.25) is 0 Å². The van der Waals surface area contributed by atoms with Gasteiger partial charge in [-0.25, -0.2) is 0 Å². The average molecular weight is 441 g/mol. The Bertz CT molecular complexity index is 1090. The molecule has 4 rings (SSSR count). The number of aliphatic hydroxyl groups is 1. The Morgan fingerprint density at radius 1 is 1.29 bits per heavy atom. The number of carbonyl (C=O) groups is 1. The summed E-state index contributed by atoms with van der Waals surface area (Å²) in [7, 11) is 1.53. The summed E-state index contributed by atoms with van der Waals surface area (Å²) in [6, 6.07) is 11.3. The van der Waals surface area contributed by atoms with Crippen LogP contribution in [0.5, 0.6) is 5.75 Å². The molecule has 164 valence electrons. The van der Waals surface area contributed by atoms with E-state index in [4.69, 9.17) is 15.2 Å². The van der Waals surface area contributed by atoms with Crippen molar-refractivity contribution in [3.05, 3.63) is 69.3 Å². The van der Waals surface area contributed by atoms with Gasteiger partial charge in [-0.2, -0.15) is 0 Å². The third-order valence-corrected chi connectivity index (χ3v) is 7.18. The molecule has 7 heteroatoms. The monoisotopic (exact) mass is 440 g/mol. The van der Waals surface area contributed by atoms with E-state index >= 15 is 0 Å². The highest BCUT2D eigenvalue weighted by atomic mass is 32.2. The lowest BCUT2D eigenvalue weighted by Gasteiger charge is -2.36. The van der Waals surface area contributed by atoms with E-state index in [1.165, 1.54) is 18.9 Å². The van der Waals surface area contributed by atoms with Gasteiger partial charge in [-0.3, -0.25) is 4.79 Å². The summed E-state index contributed by atoms with van der Waals surface area (Å²) in [5.74, 6) is -1.23. The maximum absolute atomic E-state index is 13.3. The maximum Gasteiger partial charge on any atom is 0.263 e. The fraction of sp³-hybridized carbons (Fsp3) is 0.375. The van der Waals surface area contributed by atoms with Crippen molar-refractivity contribution in [2.75, 3.05) is 19.1 Å². The highest BCUT2D eigenvalue weighted by molar-refractivity contribution is 8.02. The van der Waals surface area contributed by atoms with Gasteiger partial charge in [0.25, 0.3) is 11.7 Å². The quantitative estimate of drug-likeness (QED) is 0.373. The predicted molar refractivity (Wildman–Crippen MR) is 123 cm³/mol. The molecule has 2 atom stereocenters. The molecule has 2 aromatic carbocycles. The lowest BCUT2D eigenvalue weighted by Crippen LogP contribution is -2.57. The third kappa shape index (κ3) is 3.02. The van der Waals surface area contributed by atoms with Gasteiger partial charge in [-0.15, -0.1) is 0 Å². The van der Waals surface area contributed by atoms with E-state index in [1.807, 2.05) is 24.5 Å². The molecule has 2 aromatic rings. The standard InChI is InChI=1S/C24H28N2O4S/c1-13(2)15-9-10-18-20(11-15)30-24(28)17-7-6-8-19(25)16(17)12-23(18,24)26-21(27)14(3)22(29-4)31-5/h6-11,13,28H,12,25H2,1-5H3,(H,26,27)/b22-14+. The van der Waals surface area contributed by atoms with Crippen molar-refractivity contribution < 1.29 is 19.4 Å². The van der Waals surface area contributed by atoms with E-state index < -0.39 is 11.3 Å². The van der Waals surface area contributed by atoms with Crippen LogP contribution in [0.15, 0.2) is 47.1 Å². The SMILES string of the molecule is CO/C(SC)=C(/C)C(=O)NC12Cc3c(N)cccc3C1(O)Oc1cc(C(C)C)ccc12. The maximum atomic E-state index is 13.3. The molecule has 2 unspecified atom stereocenters. The number of fused-ring (bicyclic) bond motifs is 5. The molecule has 6 nitrogen and oxygen atoms in total. The first kappa shape index (κ1) is 21.6. The first-order chi connectivity index (χ1) is 14.7. The summed E-state index contributed by atoms with van der Waals surface area (Å²) in [5, 5.41) is 15.6. The van der Waals surface area contributed by atoms with Gasteiger partial charge in [-0.1, -0.05) is 49.9 Å². The number of ether oxygens (including phenoxy) is 2. The zero-order valence-electron chi connectivity index (χ0n) is 18.4. The van der Waals surface area contributed by atoms with Crippen LogP contribution in [0.25, 0.3) is 0 Å². The van der Waals surface area contributed by atoms with Gasteiger partial charge in [0.05, 0.1) is 12.7 Å². The summed E-state index contributed by atoms with van der Waals surface area (Å²) >= 11 is 1.35. The second-order valence-corrected chi connectivity index (χ2v) is 9.17. The Morgan fingerprint density at radius 3 is 2.68 bits per heavy atom. The molecule has 0 aromatic heterocycles. The molecular formula is C24H28N2O4S. The number of thioether (sulfide) groups is 1. The van der Waals surface area contributed by atoms with Crippen LogP contribution >= 0.6 is 11.8 Å². The number of carbonyl (C=O) groups excluding carboxylic acids is 1. The Kier molecular flexibility index (Phi) is 5.22. The van der Waals surface area contributed by atoms with Crippen molar-refractivity contribution in [3.8, 4) is 5.75 Å². The fourth-order valence-corrected chi connectivity index (χ4v) is 5.18. The molecule has 0 spiro atoms. The van der Waals surface area contributed by atoms with Gasteiger partial charge in [0.1, 0.15) is 11.3 Å². The number of benzene rings is 2. The zero-order chi connectivity index (χ0) is 22.6. The molecule has 1 heterocycles. The number of nitrogens with one attached hydrogen (secondary N) is 1. The first-order valence-corrected chi connectivity index (χ1v) is 11.5. The van der Waals surface area contributed by atoms with Crippen molar-refractivity contribution in [1.29, 1.82) is 0 Å². The lowest BCUT2D eigenvalue weighted by atomic mass is 9.82. The van der Waals surface area contributed by atoms with Crippen molar-refractivity contribution in [2.45, 2.75) is 44.4 Å². The molecule has 31 heavy (non-hydrogen) atoms. The molecule has 0 saturated heterocycles. The highest BCUT2D eigenvalue weighted by Crippen LogP contribution is 2.59. The third-order valence-electron chi connectivity index (χ3n) is 6.33. The summed E-state index contributed by atoms with van der Waals surface area (Å²) in [6.45, 7) is 5.90. The molecule has 0 saturated carbocycles. The summed E-state index contributed by atoms with van der Waals surface area (Å²) in [4.78, 5) is 13.3. The summed E-state index contributed by atoms with van der Waals surface area (Å²) in [5.41, 5.74) is 9.23. The Morgan fingerprint density at radius 2 is 2.03 bits per heavy atom. The van der Waals surface area contributed by atoms with Gasteiger partial charge in [0, 0.05) is 23.2 Å². The van der Waals surface area contributed by atoms with Crippen LogP contribution in [0.3, 0.4) is 0 Å². The molecule has 1 aliphatic carbocycles. The van der Waals surface area contributed by atoms with Crippen molar-refractivity contribution in [1.82, 2.24) is 5.32 Å². The second kappa shape index (κ2) is 7.50.